The molecule has 1 heterocycles. The molecule has 0 amide bonds. The summed E-state index contributed by atoms with van der Waals surface area (Å²) in [4.78, 5) is 11.0. The van der Waals surface area contributed by atoms with E-state index in [1.54, 1.807) is 17.4 Å². The fraction of sp³-hybridized carbons (Fsp3) is 0.0833. The molecule has 0 bridgehead atoms. The van der Waals surface area contributed by atoms with Crippen molar-refractivity contribution >= 4 is 17.3 Å². The van der Waals surface area contributed by atoms with Crippen LogP contribution in [0.1, 0.15) is 15.9 Å². The fourth-order valence-corrected chi connectivity index (χ4v) is 2.16. The minimum absolute atomic E-state index is 0.360. The van der Waals surface area contributed by atoms with Crippen LogP contribution in [0, 0.1) is 6.92 Å². The van der Waals surface area contributed by atoms with E-state index in [0.29, 0.717) is 5.56 Å². The number of carboxylic acid groups (broad SMARTS) is 1. The topological polar surface area (TPSA) is 37.3 Å². The van der Waals surface area contributed by atoms with Gasteiger partial charge >= 0.3 is 5.97 Å². The van der Waals surface area contributed by atoms with Crippen molar-refractivity contribution in [2.75, 3.05) is 0 Å². The second-order valence-corrected chi connectivity index (χ2v) is 4.15. The van der Waals surface area contributed by atoms with E-state index in [4.69, 9.17) is 5.11 Å². The minimum atomic E-state index is -0.879. The summed E-state index contributed by atoms with van der Waals surface area (Å²) >= 11 is 1.57. The molecule has 0 saturated carbocycles. The van der Waals surface area contributed by atoms with Crippen LogP contribution in [0.5, 0.6) is 0 Å². The molecule has 0 fully saturated rings. The summed E-state index contributed by atoms with van der Waals surface area (Å²) in [6.45, 7) is 1.96. The van der Waals surface area contributed by atoms with Crippen LogP contribution in [0.3, 0.4) is 0 Å². The quantitative estimate of drug-likeness (QED) is 0.838. The van der Waals surface area contributed by atoms with Crippen molar-refractivity contribution in [3.8, 4) is 11.1 Å². The molecule has 2 aromatic rings. The van der Waals surface area contributed by atoms with Crippen LogP contribution < -0.4 is 0 Å². The number of thiophene rings is 1. The Morgan fingerprint density at radius 3 is 2.73 bits per heavy atom. The highest BCUT2D eigenvalue weighted by Gasteiger charge is 2.11. The molecule has 3 heteroatoms. The number of rotatable bonds is 2. The second kappa shape index (κ2) is 3.87. The van der Waals surface area contributed by atoms with Crippen molar-refractivity contribution in [1.82, 2.24) is 0 Å². The van der Waals surface area contributed by atoms with Crippen LogP contribution in [-0.4, -0.2) is 11.1 Å². The maximum atomic E-state index is 11.0. The SMILES string of the molecule is Cc1ccc(C(=O)O)c(-c2ccsc2)c1. The summed E-state index contributed by atoms with van der Waals surface area (Å²) in [5.74, 6) is -0.879. The van der Waals surface area contributed by atoms with E-state index in [1.807, 2.05) is 35.9 Å². The molecule has 1 aromatic heterocycles. The van der Waals surface area contributed by atoms with Gasteiger partial charge in [-0.05, 0) is 40.9 Å². The van der Waals surface area contributed by atoms with Crippen molar-refractivity contribution in [2.45, 2.75) is 6.92 Å². The van der Waals surface area contributed by atoms with Crippen molar-refractivity contribution in [3.05, 3.63) is 46.2 Å². The molecular weight excluding hydrogens is 208 g/mol. The molecule has 1 aromatic carbocycles. The summed E-state index contributed by atoms with van der Waals surface area (Å²) < 4.78 is 0. The first-order valence-electron chi connectivity index (χ1n) is 4.55. The lowest BCUT2D eigenvalue weighted by atomic mass is 10.00. The van der Waals surface area contributed by atoms with Gasteiger partial charge in [-0.25, -0.2) is 4.79 Å². The van der Waals surface area contributed by atoms with Crippen LogP contribution in [0.2, 0.25) is 0 Å². The molecule has 0 aliphatic carbocycles. The fourth-order valence-electron chi connectivity index (χ4n) is 1.50. The molecule has 76 valence electrons. The maximum absolute atomic E-state index is 11.0. The third-order valence-corrected chi connectivity index (χ3v) is 2.92. The lowest BCUT2D eigenvalue weighted by Gasteiger charge is -2.05. The molecule has 15 heavy (non-hydrogen) atoms. The summed E-state index contributed by atoms with van der Waals surface area (Å²) in [7, 11) is 0. The van der Waals surface area contributed by atoms with E-state index in [-0.39, 0.29) is 0 Å². The Morgan fingerprint density at radius 2 is 2.13 bits per heavy atom. The molecular formula is C12H10O2S. The average Bonchev–Trinajstić information content (AvgIpc) is 2.69. The number of hydrogen-bond acceptors (Lipinski definition) is 2. The first kappa shape index (κ1) is 9.93. The summed E-state index contributed by atoms with van der Waals surface area (Å²) in [6.07, 6.45) is 0. The molecule has 2 nitrogen and oxygen atoms in total. The third-order valence-electron chi connectivity index (χ3n) is 2.24. The summed E-state index contributed by atoms with van der Waals surface area (Å²) in [5, 5.41) is 13.0. The normalized spacial score (nSPS) is 10.2. The second-order valence-electron chi connectivity index (χ2n) is 3.37. The van der Waals surface area contributed by atoms with E-state index in [1.165, 1.54) is 0 Å². The predicted molar refractivity (Wildman–Crippen MR) is 61.5 cm³/mol. The average molecular weight is 218 g/mol. The van der Waals surface area contributed by atoms with Crippen LogP contribution in [0.25, 0.3) is 11.1 Å². The molecule has 0 unspecified atom stereocenters. The molecule has 0 aliphatic rings. The number of carbonyl (C=O) groups is 1. The van der Waals surface area contributed by atoms with Crippen molar-refractivity contribution < 1.29 is 9.90 Å². The van der Waals surface area contributed by atoms with Crippen molar-refractivity contribution in [1.29, 1.82) is 0 Å². The zero-order chi connectivity index (χ0) is 10.8. The van der Waals surface area contributed by atoms with Gasteiger partial charge in [0.05, 0.1) is 5.56 Å². The van der Waals surface area contributed by atoms with Crippen LogP contribution in [0.4, 0.5) is 0 Å². The number of hydrogen-bond donors (Lipinski definition) is 1. The molecule has 0 atom stereocenters. The van der Waals surface area contributed by atoms with E-state index < -0.39 is 5.97 Å². The number of carboxylic acids is 1. The van der Waals surface area contributed by atoms with Gasteiger partial charge in [0.25, 0.3) is 0 Å². The molecule has 2 rings (SSSR count). The van der Waals surface area contributed by atoms with Gasteiger partial charge in [0.2, 0.25) is 0 Å². The van der Waals surface area contributed by atoms with Crippen molar-refractivity contribution in [2.24, 2.45) is 0 Å². The van der Waals surface area contributed by atoms with E-state index in [2.05, 4.69) is 0 Å². The first-order chi connectivity index (χ1) is 7.18. The number of aryl methyl sites for hydroxylation is 1. The highest BCUT2D eigenvalue weighted by atomic mass is 32.1. The zero-order valence-corrected chi connectivity index (χ0v) is 9.04. The predicted octanol–water partition coefficient (Wildman–Crippen LogP) is 3.42. The van der Waals surface area contributed by atoms with Gasteiger partial charge in [-0.3, -0.25) is 0 Å². The van der Waals surface area contributed by atoms with Gasteiger partial charge in [-0.15, -0.1) is 0 Å². The van der Waals surface area contributed by atoms with E-state index >= 15 is 0 Å². The molecule has 0 spiro atoms. The molecule has 0 aliphatic heterocycles. The Bertz CT molecular complexity index is 486. The Balaban J connectivity index is 2.63. The highest BCUT2D eigenvalue weighted by molar-refractivity contribution is 7.08. The zero-order valence-electron chi connectivity index (χ0n) is 8.23. The molecule has 0 radical (unpaired) electrons. The standard InChI is InChI=1S/C12H10O2S/c1-8-2-3-10(12(13)14)11(6-8)9-4-5-15-7-9/h2-7H,1H3,(H,13,14). The van der Waals surface area contributed by atoms with Gasteiger partial charge in [0.1, 0.15) is 0 Å². The summed E-state index contributed by atoms with van der Waals surface area (Å²) in [6, 6.07) is 7.32. The van der Waals surface area contributed by atoms with Crippen molar-refractivity contribution in [3.63, 3.8) is 0 Å². The maximum Gasteiger partial charge on any atom is 0.336 e. The minimum Gasteiger partial charge on any atom is -0.478 e. The van der Waals surface area contributed by atoms with Crippen LogP contribution in [-0.2, 0) is 0 Å². The van der Waals surface area contributed by atoms with Gasteiger partial charge in [-0.2, -0.15) is 11.3 Å². The van der Waals surface area contributed by atoms with Gasteiger partial charge in [0.15, 0.2) is 0 Å². The lowest BCUT2D eigenvalue weighted by Crippen LogP contribution is -1.99. The Kier molecular flexibility index (Phi) is 2.56. The van der Waals surface area contributed by atoms with E-state index in [9.17, 15) is 4.79 Å². The van der Waals surface area contributed by atoms with Gasteiger partial charge in [-0.1, -0.05) is 17.7 Å². The smallest absolute Gasteiger partial charge is 0.336 e. The Hall–Kier alpha value is -1.61. The molecule has 0 saturated heterocycles. The van der Waals surface area contributed by atoms with Gasteiger partial charge < -0.3 is 5.11 Å². The van der Waals surface area contributed by atoms with E-state index in [0.717, 1.165) is 16.7 Å². The Labute approximate surface area is 91.8 Å². The summed E-state index contributed by atoms with van der Waals surface area (Å²) in [5.41, 5.74) is 3.20. The number of benzene rings is 1. The monoisotopic (exact) mass is 218 g/mol. The first-order valence-corrected chi connectivity index (χ1v) is 5.49. The number of aromatic carboxylic acids is 1. The lowest BCUT2D eigenvalue weighted by molar-refractivity contribution is 0.0698. The highest BCUT2D eigenvalue weighted by Crippen LogP contribution is 2.26. The Morgan fingerprint density at radius 1 is 1.33 bits per heavy atom. The molecule has 1 N–H and O–H groups in total. The van der Waals surface area contributed by atoms with Crippen LogP contribution >= 0.6 is 11.3 Å². The third kappa shape index (κ3) is 1.92. The largest absolute Gasteiger partial charge is 0.478 e. The van der Waals surface area contributed by atoms with Crippen LogP contribution in [0.15, 0.2) is 35.0 Å². The van der Waals surface area contributed by atoms with Gasteiger partial charge in [0, 0.05) is 0 Å².